The van der Waals surface area contributed by atoms with Crippen LogP contribution < -0.4 is 0 Å². The van der Waals surface area contributed by atoms with Gasteiger partial charge in [-0.05, 0) is 24.3 Å². The molecule has 0 heterocycles. The second-order valence-electron chi connectivity index (χ2n) is 4.39. The third kappa shape index (κ3) is 2.37. The monoisotopic (exact) mass is 280 g/mol. The van der Waals surface area contributed by atoms with Crippen molar-refractivity contribution in [1.29, 1.82) is 0 Å². The molecule has 0 saturated heterocycles. The molecule has 7 nitrogen and oxygen atoms in total. The number of aliphatic hydroxyl groups excluding tert-OH is 2. The quantitative estimate of drug-likeness (QED) is 0.323. The number of Topliss-reactive ketones (excluding diaryl/α,β-unsaturated/α-hetero) is 1. The molecule has 106 valence electrons. The predicted octanol–water partition coefficient (Wildman–Crippen LogP) is -0.296. The number of carbonyl (C=O) groups excluding carboxylic acids is 1. The molecule has 1 unspecified atom stereocenters. The average Bonchev–Trinajstić information content (AvgIpc) is 2.34. The summed E-state index contributed by atoms with van der Waals surface area (Å²) in [5, 5.41) is 56.3. The van der Waals surface area contributed by atoms with Gasteiger partial charge in [-0.3, -0.25) is 4.79 Å². The molecule has 1 aromatic rings. The minimum atomic E-state index is -2.67. The van der Waals surface area contributed by atoms with Gasteiger partial charge < -0.3 is 30.6 Å². The van der Waals surface area contributed by atoms with Crippen molar-refractivity contribution in [3.63, 3.8) is 0 Å². The van der Waals surface area contributed by atoms with E-state index in [-0.39, 0.29) is 22.6 Å². The summed E-state index contributed by atoms with van der Waals surface area (Å²) in [7, 11) is 0. The molecule has 20 heavy (non-hydrogen) atoms. The first kappa shape index (κ1) is 14.1. The molecule has 6 N–H and O–H groups in total. The van der Waals surface area contributed by atoms with E-state index in [2.05, 4.69) is 0 Å². The van der Waals surface area contributed by atoms with E-state index in [1.54, 1.807) is 0 Å². The molecular formula is C13H12O7. The maximum atomic E-state index is 12.1. The zero-order valence-electron chi connectivity index (χ0n) is 10.1. The van der Waals surface area contributed by atoms with E-state index in [0.717, 1.165) is 30.4 Å². The lowest BCUT2D eigenvalue weighted by Crippen LogP contribution is -2.44. The van der Waals surface area contributed by atoms with Gasteiger partial charge in [-0.1, -0.05) is 0 Å². The molecule has 0 saturated carbocycles. The Bertz CT molecular complexity index is 607. The molecule has 0 fully saturated rings. The number of phenolic OH excluding ortho intramolecular Hbond substituents is 2. The van der Waals surface area contributed by atoms with Crippen LogP contribution in [-0.2, 0) is 0 Å². The SMILES string of the molecule is O=C(C1=C(O)C(O)C(O)(O)C=C1)c1cc(O)cc(O)c1. The molecule has 1 aliphatic carbocycles. The zero-order valence-corrected chi connectivity index (χ0v) is 10.1. The van der Waals surface area contributed by atoms with Crippen LogP contribution in [0.1, 0.15) is 10.4 Å². The van der Waals surface area contributed by atoms with E-state index >= 15 is 0 Å². The second-order valence-corrected chi connectivity index (χ2v) is 4.39. The molecule has 2 rings (SSSR count). The third-order valence-corrected chi connectivity index (χ3v) is 2.84. The number of aliphatic hydroxyl groups is 4. The number of ketones is 1. The Balaban J connectivity index is 2.44. The van der Waals surface area contributed by atoms with E-state index in [4.69, 9.17) is 0 Å². The highest BCUT2D eigenvalue weighted by Gasteiger charge is 2.39. The van der Waals surface area contributed by atoms with Crippen LogP contribution in [-0.4, -0.2) is 48.3 Å². The largest absolute Gasteiger partial charge is 0.509 e. The van der Waals surface area contributed by atoms with Gasteiger partial charge in [0.05, 0.1) is 5.57 Å². The summed E-state index contributed by atoms with van der Waals surface area (Å²) >= 11 is 0. The summed E-state index contributed by atoms with van der Waals surface area (Å²) in [6.45, 7) is 0. The minimum absolute atomic E-state index is 0.135. The number of phenols is 2. The summed E-state index contributed by atoms with van der Waals surface area (Å²) in [6, 6.07) is 3.13. The Morgan fingerprint density at radius 2 is 1.60 bits per heavy atom. The number of hydrogen-bond donors (Lipinski definition) is 6. The number of rotatable bonds is 2. The predicted molar refractivity (Wildman–Crippen MR) is 66.1 cm³/mol. The maximum absolute atomic E-state index is 12.1. The fourth-order valence-electron chi connectivity index (χ4n) is 1.80. The number of carbonyl (C=O) groups is 1. The topological polar surface area (TPSA) is 138 Å². The Labute approximate surface area is 113 Å². The fourth-order valence-corrected chi connectivity index (χ4v) is 1.80. The number of benzene rings is 1. The molecular weight excluding hydrogens is 268 g/mol. The molecule has 0 aromatic heterocycles. The van der Waals surface area contributed by atoms with Gasteiger partial charge in [-0.15, -0.1) is 0 Å². The van der Waals surface area contributed by atoms with E-state index < -0.39 is 23.4 Å². The van der Waals surface area contributed by atoms with Crippen molar-refractivity contribution in [2.45, 2.75) is 11.9 Å². The van der Waals surface area contributed by atoms with Crippen molar-refractivity contribution in [3.8, 4) is 11.5 Å². The molecule has 1 aromatic carbocycles. The summed E-state index contributed by atoms with van der Waals surface area (Å²) in [5.74, 6) is -5.10. The van der Waals surface area contributed by atoms with Gasteiger partial charge in [-0.2, -0.15) is 0 Å². The molecule has 7 heteroatoms. The van der Waals surface area contributed by atoms with Gasteiger partial charge in [0.15, 0.2) is 11.9 Å². The van der Waals surface area contributed by atoms with Crippen molar-refractivity contribution in [2.24, 2.45) is 0 Å². The van der Waals surface area contributed by atoms with Crippen molar-refractivity contribution < 1.29 is 35.4 Å². The van der Waals surface area contributed by atoms with Crippen molar-refractivity contribution in [2.75, 3.05) is 0 Å². The van der Waals surface area contributed by atoms with E-state index in [9.17, 15) is 35.4 Å². The number of aromatic hydroxyl groups is 2. The van der Waals surface area contributed by atoms with E-state index in [1.807, 2.05) is 0 Å². The molecule has 0 aliphatic heterocycles. The van der Waals surface area contributed by atoms with Crippen LogP contribution in [0.4, 0.5) is 0 Å². The molecule has 1 atom stereocenters. The van der Waals surface area contributed by atoms with Crippen LogP contribution in [0.2, 0.25) is 0 Å². The van der Waals surface area contributed by atoms with Crippen LogP contribution in [0.15, 0.2) is 41.7 Å². The van der Waals surface area contributed by atoms with Crippen LogP contribution in [0.25, 0.3) is 0 Å². The van der Waals surface area contributed by atoms with Crippen LogP contribution >= 0.6 is 0 Å². The van der Waals surface area contributed by atoms with Gasteiger partial charge >= 0.3 is 0 Å². The summed E-state index contributed by atoms with van der Waals surface area (Å²) in [6.07, 6.45) is -0.393. The maximum Gasteiger partial charge on any atom is 0.217 e. The van der Waals surface area contributed by atoms with Crippen LogP contribution in [0.3, 0.4) is 0 Å². The second kappa shape index (κ2) is 4.64. The summed E-state index contributed by atoms with van der Waals surface area (Å²) < 4.78 is 0. The lowest BCUT2D eigenvalue weighted by molar-refractivity contribution is -0.186. The van der Waals surface area contributed by atoms with Crippen molar-refractivity contribution >= 4 is 5.78 Å². The first-order chi connectivity index (χ1) is 9.22. The lowest BCUT2D eigenvalue weighted by atomic mass is 9.92. The highest BCUT2D eigenvalue weighted by molar-refractivity contribution is 6.11. The Kier molecular flexibility index (Phi) is 3.26. The first-order valence-corrected chi connectivity index (χ1v) is 5.55. The van der Waals surface area contributed by atoms with Crippen molar-refractivity contribution in [3.05, 3.63) is 47.2 Å². The molecule has 0 bridgehead atoms. The van der Waals surface area contributed by atoms with Gasteiger partial charge in [-0.25, -0.2) is 0 Å². The first-order valence-electron chi connectivity index (χ1n) is 5.55. The van der Waals surface area contributed by atoms with E-state index in [0.29, 0.717) is 0 Å². The van der Waals surface area contributed by atoms with E-state index in [1.165, 1.54) is 0 Å². The molecule has 1 aliphatic rings. The van der Waals surface area contributed by atoms with Crippen molar-refractivity contribution in [1.82, 2.24) is 0 Å². The van der Waals surface area contributed by atoms with Gasteiger partial charge in [0.2, 0.25) is 5.79 Å². The van der Waals surface area contributed by atoms with Gasteiger partial charge in [0, 0.05) is 11.6 Å². The minimum Gasteiger partial charge on any atom is -0.509 e. The summed E-state index contributed by atoms with van der Waals surface area (Å²) in [5.41, 5.74) is -0.509. The number of allylic oxidation sites excluding steroid dienone is 2. The smallest absolute Gasteiger partial charge is 0.217 e. The average molecular weight is 280 g/mol. The van der Waals surface area contributed by atoms with Gasteiger partial charge in [0.1, 0.15) is 17.3 Å². The lowest BCUT2D eigenvalue weighted by Gasteiger charge is -2.27. The van der Waals surface area contributed by atoms with Crippen LogP contribution in [0, 0.1) is 0 Å². The molecule has 0 amide bonds. The van der Waals surface area contributed by atoms with Crippen LogP contribution in [0.5, 0.6) is 11.5 Å². The Hall–Kier alpha value is -2.35. The van der Waals surface area contributed by atoms with Gasteiger partial charge in [0.25, 0.3) is 0 Å². The highest BCUT2D eigenvalue weighted by atomic mass is 16.5. The standard InChI is InChI=1S/C13H12O7/c14-7-3-6(4-8(15)5-7)10(16)9-1-2-13(19,20)12(18)11(9)17/h1-5,12,14-15,17-20H. The molecule has 0 radical (unpaired) electrons. The zero-order chi connectivity index (χ0) is 15.1. The summed E-state index contributed by atoms with van der Waals surface area (Å²) in [4.78, 5) is 12.1. The number of hydrogen-bond acceptors (Lipinski definition) is 7. The molecule has 0 spiro atoms. The normalized spacial score (nSPS) is 21.1. The third-order valence-electron chi connectivity index (χ3n) is 2.84. The Morgan fingerprint density at radius 3 is 2.15 bits per heavy atom. The highest BCUT2D eigenvalue weighted by Crippen LogP contribution is 2.28. The Morgan fingerprint density at radius 1 is 1.05 bits per heavy atom. The fraction of sp³-hybridized carbons (Fsp3) is 0.154.